The molecule has 1 aliphatic rings. The Bertz CT molecular complexity index is 1150. The molecular weight excluding hydrogens is 421 g/mol. The minimum Gasteiger partial charge on any atom is -0.406 e. The lowest BCUT2D eigenvalue weighted by molar-refractivity contribution is -0.274. The average Bonchev–Trinajstić information content (AvgIpc) is 3.25. The Labute approximate surface area is 172 Å². The van der Waals surface area contributed by atoms with Crippen molar-refractivity contribution in [1.82, 2.24) is 10.3 Å². The van der Waals surface area contributed by atoms with Crippen LogP contribution in [0.5, 0.6) is 5.75 Å². The summed E-state index contributed by atoms with van der Waals surface area (Å²) in [6.07, 6.45) is -4.78. The zero-order valence-electron chi connectivity index (χ0n) is 15.5. The number of alkyl halides is 3. The summed E-state index contributed by atoms with van der Waals surface area (Å²) in [5, 5.41) is 5.63. The van der Waals surface area contributed by atoms with Crippen molar-refractivity contribution in [2.75, 3.05) is 23.3 Å². The van der Waals surface area contributed by atoms with Crippen molar-refractivity contribution >= 4 is 44.3 Å². The Morgan fingerprint density at radius 1 is 1.27 bits per heavy atom. The van der Waals surface area contributed by atoms with Gasteiger partial charge >= 0.3 is 12.4 Å². The van der Waals surface area contributed by atoms with Gasteiger partial charge in [0.2, 0.25) is 0 Å². The molecule has 30 heavy (non-hydrogen) atoms. The summed E-state index contributed by atoms with van der Waals surface area (Å²) < 4.78 is 41.5. The number of aromatic nitrogens is 1. The number of aryl methyl sites for hydroxylation is 1. The van der Waals surface area contributed by atoms with Gasteiger partial charge in [-0.3, -0.25) is 15.0 Å². The topological polar surface area (TPSA) is 83.6 Å². The third-order valence-electron chi connectivity index (χ3n) is 4.42. The number of carbonyl (C=O) groups is 2. The first-order valence-electron chi connectivity index (χ1n) is 8.83. The quantitative estimate of drug-likeness (QED) is 0.639. The van der Waals surface area contributed by atoms with Crippen molar-refractivity contribution in [3.63, 3.8) is 0 Å². The Morgan fingerprint density at radius 2 is 2.07 bits per heavy atom. The molecule has 4 rings (SSSR count). The third-order valence-corrected chi connectivity index (χ3v) is 5.35. The monoisotopic (exact) mass is 436 g/mol. The SMILES string of the molecule is Cc1cc(C(=O)Nc2nc3ccc(OC(F)(F)F)cc3s2)ccc1N1CCNC1=O. The lowest BCUT2D eigenvalue weighted by Crippen LogP contribution is -2.28. The fourth-order valence-electron chi connectivity index (χ4n) is 3.13. The largest absolute Gasteiger partial charge is 0.573 e. The van der Waals surface area contributed by atoms with E-state index in [1.165, 1.54) is 12.1 Å². The van der Waals surface area contributed by atoms with Crippen LogP contribution in [0.1, 0.15) is 15.9 Å². The highest BCUT2D eigenvalue weighted by Crippen LogP contribution is 2.32. The van der Waals surface area contributed by atoms with Crippen molar-refractivity contribution in [1.29, 1.82) is 0 Å². The second-order valence-electron chi connectivity index (χ2n) is 6.54. The molecule has 3 amide bonds. The molecule has 3 aromatic rings. The molecule has 156 valence electrons. The van der Waals surface area contributed by atoms with E-state index in [0.29, 0.717) is 28.9 Å². The van der Waals surface area contributed by atoms with Crippen LogP contribution in [-0.2, 0) is 0 Å². The van der Waals surface area contributed by atoms with E-state index in [2.05, 4.69) is 20.4 Å². The van der Waals surface area contributed by atoms with Gasteiger partial charge in [0.25, 0.3) is 5.91 Å². The summed E-state index contributed by atoms with van der Waals surface area (Å²) in [4.78, 5) is 30.2. The van der Waals surface area contributed by atoms with Gasteiger partial charge in [0.05, 0.1) is 10.2 Å². The van der Waals surface area contributed by atoms with E-state index >= 15 is 0 Å². The summed E-state index contributed by atoms with van der Waals surface area (Å²) in [7, 11) is 0. The number of ether oxygens (including phenoxy) is 1. The minimum absolute atomic E-state index is 0.182. The summed E-state index contributed by atoms with van der Waals surface area (Å²) in [6.45, 7) is 2.92. The first kappa shape index (κ1) is 20.0. The third kappa shape index (κ3) is 4.15. The van der Waals surface area contributed by atoms with E-state index in [4.69, 9.17) is 0 Å². The molecule has 0 aliphatic carbocycles. The lowest BCUT2D eigenvalue weighted by Gasteiger charge is -2.17. The van der Waals surface area contributed by atoms with Crippen molar-refractivity contribution in [2.24, 2.45) is 0 Å². The highest BCUT2D eigenvalue weighted by Gasteiger charge is 2.31. The molecule has 11 heteroatoms. The number of hydrogen-bond donors (Lipinski definition) is 2. The van der Waals surface area contributed by atoms with E-state index < -0.39 is 12.3 Å². The fourth-order valence-corrected chi connectivity index (χ4v) is 4.02. The van der Waals surface area contributed by atoms with E-state index in [1.807, 2.05) is 0 Å². The number of benzene rings is 2. The van der Waals surface area contributed by atoms with E-state index in [-0.39, 0.29) is 16.9 Å². The number of thiazole rings is 1. The van der Waals surface area contributed by atoms with Crippen molar-refractivity contribution < 1.29 is 27.5 Å². The maximum absolute atomic E-state index is 12.6. The predicted molar refractivity (Wildman–Crippen MR) is 106 cm³/mol. The van der Waals surface area contributed by atoms with Gasteiger partial charge in [-0.2, -0.15) is 0 Å². The normalized spacial score (nSPS) is 14.1. The summed E-state index contributed by atoms with van der Waals surface area (Å²) in [5.41, 5.74) is 2.30. The van der Waals surface area contributed by atoms with Crippen LogP contribution in [0.4, 0.5) is 28.8 Å². The number of halogens is 3. The van der Waals surface area contributed by atoms with Crippen LogP contribution in [0.15, 0.2) is 36.4 Å². The molecule has 7 nitrogen and oxygen atoms in total. The molecule has 1 aliphatic heterocycles. The lowest BCUT2D eigenvalue weighted by atomic mass is 10.1. The van der Waals surface area contributed by atoms with Crippen LogP contribution in [-0.4, -0.2) is 36.4 Å². The summed E-state index contributed by atoms with van der Waals surface area (Å²) >= 11 is 1.04. The molecule has 1 aromatic heterocycles. The van der Waals surface area contributed by atoms with Crippen LogP contribution in [0.25, 0.3) is 10.2 Å². The van der Waals surface area contributed by atoms with Crippen LogP contribution in [0, 0.1) is 6.92 Å². The number of fused-ring (bicyclic) bond motifs is 1. The number of urea groups is 1. The molecule has 2 N–H and O–H groups in total. The van der Waals surface area contributed by atoms with Crippen molar-refractivity contribution in [2.45, 2.75) is 13.3 Å². The zero-order chi connectivity index (χ0) is 21.5. The number of nitrogens with one attached hydrogen (secondary N) is 2. The van der Waals surface area contributed by atoms with Gasteiger partial charge < -0.3 is 10.1 Å². The molecule has 1 fully saturated rings. The molecule has 0 saturated carbocycles. The van der Waals surface area contributed by atoms with Crippen LogP contribution in [0.2, 0.25) is 0 Å². The number of amides is 3. The molecule has 0 unspecified atom stereocenters. The average molecular weight is 436 g/mol. The maximum atomic E-state index is 12.6. The number of carbonyl (C=O) groups excluding carboxylic acids is 2. The highest BCUT2D eigenvalue weighted by molar-refractivity contribution is 7.22. The maximum Gasteiger partial charge on any atom is 0.573 e. The first-order valence-corrected chi connectivity index (χ1v) is 9.65. The molecule has 0 bridgehead atoms. The fraction of sp³-hybridized carbons (Fsp3) is 0.211. The second kappa shape index (κ2) is 7.48. The van der Waals surface area contributed by atoms with Gasteiger partial charge in [0.1, 0.15) is 5.75 Å². The summed E-state index contributed by atoms with van der Waals surface area (Å²) in [5.74, 6) is -0.768. The van der Waals surface area contributed by atoms with Crippen molar-refractivity contribution in [3.8, 4) is 5.75 Å². The Hall–Kier alpha value is -3.34. The Balaban J connectivity index is 1.51. The van der Waals surface area contributed by atoms with E-state index in [0.717, 1.165) is 28.7 Å². The van der Waals surface area contributed by atoms with E-state index in [9.17, 15) is 22.8 Å². The van der Waals surface area contributed by atoms with Gasteiger partial charge in [0, 0.05) is 30.4 Å². The minimum atomic E-state index is -4.78. The standard InChI is InChI=1S/C19H15F3N4O3S/c1-10-8-11(2-5-14(10)26-7-6-23-18(26)28)16(27)25-17-24-13-4-3-12(9-15(13)30-17)29-19(20,21)22/h2-5,8-9H,6-7H2,1H3,(H,23,28)(H,24,25,27). The van der Waals surface area contributed by atoms with Gasteiger partial charge in [-0.1, -0.05) is 11.3 Å². The van der Waals surface area contributed by atoms with Gasteiger partial charge in [-0.15, -0.1) is 13.2 Å². The molecule has 0 spiro atoms. The zero-order valence-corrected chi connectivity index (χ0v) is 16.4. The highest BCUT2D eigenvalue weighted by atomic mass is 32.1. The Morgan fingerprint density at radius 3 is 2.73 bits per heavy atom. The first-order chi connectivity index (χ1) is 14.2. The molecule has 0 radical (unpaired) electrons. The molecule has 2 aromatic carbocycles. The van der Waals surface area contributed by atoms with Gasteiger partial charge in [-0.25, -0.2) is 9.78 Å². The smallest absolute Gasteiger partial charge is 0.406 e. The van der Waals surface area contributed by atoms with E-state index in [1.54, 1.807) is 30.0 Å². The van der Waals surface area contributed by atoms with Crippen LogP contribution in [0.3, 0.4) is 0 Å². The number of nitrogens with zero attached hydrogens (tertiary/aromatic N) is 2. The molecule has 2 heterocycles. The Kier molecular flexibility index (Phi) is 4.98. The number of rotatable bonds is 4. The number of hydrogen-bond acceptors (Lipinski definition) is 5. The summed E-state index contributed by atoms with van der Waals surface area (Å²) in [6, 6.07) is 8.56. The van der Waals surface area contributed by atoms with Crippen LogP contribution < -0.4 is 20.3 Å². The molecular formula is C19H15F3N4O3S. The van der Waals surface area contributed by atoms with Crippen LogP contribution >= 0.6 is 11.3 Å². The molecule has 1 saturated heterocycles. The number of anilines is 2. The second-order valence-corrected chi connectivity index (χ2v) is 7.57. The molecule has 0 atom stereocenters. The van der Waals surface area contributed by atoms with Gasteiger partial charge in [0.15, 0.2) is 5.13 Å². The van der Waals surface area contributed by atoms with Gasteiger partial charge in [-0.05, 0) is 42.8 Å². The van der Waals surface area contributed by atoms with Crippen molar-refractivity contribution in [3.05, 3.63) is 47.5 Å². The predicted octanol–water partition coefficient (Wildman–Crippen LogP) is 4.29.